The molecule has 1 fully saturated rings. The lowest BCUT2D eigenvalue weighted by atomic mass is 10.0. The number of rotatable bonds is 4. The van der Waals surface area contributed by atoms with E-state index in [9.17, 15) is 9.59 Å². The number of benzene rings is 4. The van der Waals surface area contributed by atoms with Crippen LogP contribution in [0.25, 0.3) is 10.8 Å². The zero-order valence-electron chi connectivity index (χ0n) is 20.6. The summed E-state index contributed by atoms with van der Waals surface area (Å²) in [6.07, 6.45) is 0. The molecule has 186 valence electrons. The average Bonchev–Trinajstić information content (AvgIpc) is 2.93. The van der Waals surface area contributed by atoms with E-state index in [2.05, 4.69) is 15.5 Å². The van der Waals surface area contributed by atoms with Crippen LogP contribution in [-0.2, 0) is 0 Å². The molecule has 0 aromatic heterocycles. The van der Waals surface area contributed by atoms with Crippen molar-refractivity contribution in [2.24, 2.45) is 0 Å². The first-order valence-electron chi connectivity index (χ1n) is 12.3. The summed E-state index contributed by atoms with van der Waals surface area (Å²) in [6.45, 7) is 4.91. The summed E-state index contributed by atoms with van der Waals surface area (Å²) in [5, 5.41) is 8.01. The van der Waals surface area contributed by atoms with Gasteiger partial charge in [0.2, 0.25) is 0 Å². The fourth-order valence-corrected chi connectivity index (χ4v) is 4.77. The molecule has 1 aliphatic rings. The molecular weight excluding hydrogens is 480 g/mol. The minimum atomic E-state index is -0.246. The topological polar surface area (TPSA) is 64.7 Å². The third kappa shape index (κ3) is 5.62. The molecular formula is C30H28N4O2S. The normalized spacial score (nSPS) is 13.3. The summed E-state index contributed by atoms with van der Waals surface area (Å²) in [6, 6.07) is 29.1. The van der Waals surface area contributed by atoms with Crippen molar-refractivity contribution in [3.63, 3.8) is 0 Å². The second kappa shape index (κ2) is 10.8. The van der Waals surface area contributed by atoms with Gasteiger partial charge in [-0.15, -0.1) is 0 Å². The molecule has 0 unspecified atom stereocenters. The first-order valence-corrected chi connectivity index (χ1v) is 12.7. The zero-order valence-corrected chi connectivity index (χ0v) is 21.4. The monoisotopic (exact) mass is 508 g/mol. The van der Waals surface area contributed by atoms with Crippen molar-refractivity contribution in [2.45, 2.75) is 6.92 Å². The Morgan fingerprint density at radius 3 is 2.19 bits per heavy atom. The number of fused-ring (bicyclic) bond motifs is 1. The Bertz CT molecular complexity index is 1440. The highest BCUT2D eigenvalue weighted by atomic mass is 32.1. The Morgan fingerprint density at radius 2 is 1.46 bits per heavy atom. The largest absolute Gasteiger partial charge is 0.368 e. The molecule has 0 spiro atoms. The maximum atomic E-state index is 12.8. The van der Waals surface area contributed by atoms with E-state index in [1.54, 1.807) is 6.07 Å². The first kappa shape index (κ1) is 24.5. The van der Waals surface area contributed by atoms with Crippen LogP contribution in [-0.4, -0.2) is 48.0 Å². The van der Waals surface area contributed by atoms with Crippen LogP contribution >= 0.6 is 12.2 Å². The smallest absolute Gasteiger partial charge is 0.258 e. The number of hydrogen-bond donors (Lipinski definition) is 2. The number of hydrogen-bond acceptors (Lipinski definition) is 4. The van der Waals surface area contributed by atoms with E-state index in [0.717, 1.165) is 46.4 Å². The van der Waals surface area contributed by atoms with Crippen molar-refractivity contribution >= 4 is 51.3 Å². The quantitative estimate of drug-likeness (QED) is 0.369. The number of aryl methyl sites for hydroxylation is 1. The minimum absolute atomic E-state index is 0.0817. The van der Waals surface area contributed by atoms with Crippen LogP contribution in [0.4, 0.5) is 11.4 Å². The molecule has 2 N–H and O–H groups in total. The van der Waals surface area contributed by atoms with Gasteiger partial charge in [-0.3, -0.25) is 14.9 Å². The Kier molecular flexibility index (Phi) is 7.14. The predicted molar refractivity (Wildman–Crippen MR) is 153 cm³/mol. The maximum absolute atomic E-state index is 12.8. The van der Waals surface area contributed by atoms with Gasteiger partial charge in [-0.05, 0) is 72.4 Å². The van der Waals surface area contributed by atoms with Crippen molar-refractivity contribution in [2.75, 3.05) is 36.4 Å². The van der Waals surface area contributed by atoms with Gasteiger partial charge in [-0.2, -0.15) is 0 Å². The molecule has 4 aromatic rings. The fraction of sp³-hybridized carbons (Fsp3) is 0.167. The molecule has 1 heterocycles. The third-order valence-electron chi connectivity index (χ3n) is 6.62. The molecule has 0 atom stereocenters. The van der Waals surface area contributed by atoms with Gasteiger partial charge < -0.3 is 15.1 Å². The lowest BCUT2D eigenvalue weighted by Gasteiger charge is -2.36. The Balaban J connectivity index is 1.15. The van der Waals surface area contributed by atoms with Crippen LogP contribution < -0.4 is 15.5 Å². The number of carbonyl (C=O) groups excluding carboxylic acids is 2. The van der Waals surface area contributed by atoms with E-state index < -0.39 is 0 Å². The molecule has 2 amide bonds. The molecule has 1 saturated heterocycles. The lowest BCUT2D eigenvalue weighted by molar-refractivity contribution is 0.0746. The molecule has 37 heavy (non-hydrogen) atoms. The number of thiocarbonyl (C=S) groups is 1. The molecule has 4 aromatic carbocycles. The number of piperazine rings is 1. The number of nitrogens with one attached hydrogen (secondary N) is 2. The predicted octanol–water partition coefficient (Wildman–Crippen LogP) is 5.24. The van der Waals surface area contributed by atoms with Gasteiger partial charge in [0.1, 0.15) is 0 Å². The molecule has 0 saturated carbocycles. The molecule has 0 radical (unpaired) electrons. The molecule has 6 nitrogen and oxygen atoms in total. The van der Waals surface area contributed by atoms with E-state index in [0.29, 0.717) is 18.7 Å². The Hall–Kier alpha value is -4.23. The minimum Gasteiger partial charge on any atom is -0.368 e. The number of nitrogens with zero attached hydrogens (tertiary/aromatic N) is 2. The van der Waals surface area contributed by atoms with Gasteiger partial charge >= 0.3 is 0 Å². The van der Waals surface area contributed by atoms with Gasteiger partial charge in [0.05, 0.1) is 0 Å². The number of amides is 2. The summed E-state index contributed by atoms with van der Waals surface area (Å²) in [4.78, 5) is 29.8. The number of anilines is 2. The van der Waals surface area contributed by atoms with E-state index in [1.807, 2.05) is 96.8 Å². The second-order valence-electron chi connectivity index (χ2n) is 9.13. The van der Waals surface area contributed by atoms with Crippen LogP contribution in [0.3, 0.4) is 0 Å². The lowest BCUT2D eigenvalue weighted by Crippen LogP contribution is -2.48. The van der Waals surface area contributed by atoms with Crippen LogP contribution in [0.15, 0.2) is 91.0 Å². The summed E-state index contributed by atoms with van der Waals surface area (Å²) in [7, 11) is 0. The highest BCUT2D eigenvalue weighted by molar-refractivity contribution is 7.80. The van der Waals surface area contributed by atoms with E-state index in [4.69, 9.17) is 12.2 Å². The molecule has 7 heteroatoms. The van der Waals surface area contributed by atoms with Crippen molar-refractivity contribution in [1.29, 1.82) is 0 Å². The van der Waals surface area contributed by atoms with Crippen LogP contribution in [0, 0.1) is 6.92 Å². The average molecular weight is 509 g/mol. The SMILES string of the molecule is Cc1ccc(C(=O)N2CCN(c3ccc(NC(=S)NC(=O)c4cccc5ccccc45)cc3)CC2)cc1. The third-order valence-corrected chi connectivity index (χ3v) is 6.82. The summed E-state index contributed by atoms with van der Waals surface area (Å²) in [5.41, 5.74) is 4.33. The Morgan fingerprint density at radius 1 is 0.784 bits per heavy atom. The Labute approximate surface area is 221 Å². The van der Waals surface area contributed by atoms with Crippen molar-refractivity contribution in [3.05, 3.63) is 108 Å². The molecule has 1 aliphatic heterocycles. The van der Waals surface area contributed by atoms with E-state index in [1.165, 1.54) is 0 Å². The van der Waals surface area contributed by atoms with Gasteiger partial charge in [-0.1, -0.05) is 54.1 Å². The summed E-state index contributed by atoms with van der Waals surface area (Å²) < 4.78 is 0. The highest BCUT2D eigenvalue weighted by Gasteiger charge is 2.22. The first-order chi connectivity index (χ1) is 18.0. The van der Waals surface area contributed by atoms with Crippen molar-refractivity contribution in [1.82, 2.24) is 10.2 Å². The zero-order chi connectivity index (χ0) is 25.8. The van der Waals surface area contributed by atoms with Gasteiger partial charge in [0.15, 0.2) is 5.11 Å². The standard InChI is InChI=1S/C30H28N4O2S/c1-21-9-11-23(12-10-21)29(36)34-19-17-33(18-20-34)25-15-13-24(14-16-25)31-30(37)32-28(35)27-8-4-6-22-5-2-3-7-26(22)27/h2-16H,17-20H2,1H3,(H2,31,32,35,37). The van der Waals surface area contributed by atoms with Gasteiger partial charge in [-0.25, -0.2) is 0 Å². The van der Waals surface area contributed by atoms with Crippen molar-refractivity contribution in [3.8, 4) is 0 Å². The fourth-order valence-electron chi connectivity index (χ4n) is 4.56. The summed E-state index contributed by atoms with van der Waals surface area (Å²) in [5.74, 6) is -0.165. The van der Waals surface area contributed by atoms with Crippen molar-refractivity contribution < 1.29 is 9.59 Å². The maximum Gasteiger partial charge on any atom is 0.258 e. The van der Waals surface area contributed by atoms with E-state index >= 15 is 0 Å². The van der Waals surface area contributed by atoms with Gasteiger partial charge in [0.25, 0.3) is 11.8 Å². The van der Waals surface area contributed by atoms with Crippen LogP contribution in [0.5, 0.6) is 0 Å². The summed E-state index contributed by atoms with van der Waals surface area (Å²) >= 11 is 5.39. The second-order valence-corrected chi connectivity index (χ2v) is 9.54. The molecule has 5 rings (SSSR count). The molecule has 0 aliphatic carbocycles. The van der Waals surface area contributed by atoms with Crippen LogP contribution in [0.1, 0.15) is 26.3 Å². The van der Waals surface area contributed by atoms with Gasteiger partial charge in [0, 0.05) is 48.7 Å². The van der Waals surface area contributed by atoms with Crippen LogP contribution in [0.2, 0.25) is 0 Å². The number of carbonyl (C=O) groups is 2. The molecule has 0 bridgehead atoms. The highest BCUT2D eigenvalue weighted by Crippen LogP contribution is 2.21. The van der Waals surface area contributed by atoms with E-state index in [-0.39, 0.29) is 16.9 Å².